The minimum Gasteiger partial charge on any atom is -0.477 e. The van der Waals surface area contributed by atoms with Crippen LogP contribution in [-0.4, -0.2) is 57.9 Å². The molecule has 3 aliphatic rings. The Morgan fingerprint density at radius 1 is 1.52 bits per heavy atom. The van der Waals surface area contributed by atoms with Gasteiger partial charge in [0.1, 0.15) is 11.9 Å². The van der Waals surface area contributed by atoms with Crippen molar-refractivity contribution >= 4 is 11.9 Å². The standard InChI is InChI=1S/C16H21FN2O4/c1-7(3-10-4-9(17)6-18-10)11-5-12-13(8(2)20)15(21)19(12)14(11)16(22)23/h3,8-10,12-13,18,20H,4-6H2,1-2H3,(H,22,23)/t8-,9?,10-,12-,13-/m1/s1. The summed E-state index contributed by atoms with van der Waals surface area (Å²) in [5.41, 5.74) is 1.35. The van der Waals surface area contributed by atoms with Crippen molar-refractivity contribution in [1.29, 1.82) is 0 Å². The number of hydrogen-bond donors (Lipinski definition) is 3. The van der Waals surface area contributed by atoms with E-state index in [1.54, 1.807) is 13.8 Å². The second-order valence-corrected chi connectivity index (χ2v) is 6.58. The van der Waals surface area contributed by atoms with Gasteiger partial charge in [0.25, 0.3) is 0 Å². The molecule has 3 heterocycles. The maximum atomic E-state index is 13.3. The molecule has 1 unspecified atom stereocenters. The average molecular weight is 324 g/mol. The number of alkyl halides is 1. The van der Waals surface area contributed by atoms with Crippen LogP contribution in [0.4, 0.5) is 4.39 Å². The topological polar surface area (TPSA) is 89.9 Å². The molecule has 5 atom stereocenters. The molecule has 3 aliphatic heterocycles. The van der Waals surface area contributed by atoms with Gasteiger partial charge >= 0.3 is 5.97 Å². The molecule has 0 aromatic rings. The molecule has 1 amide bonds. The molecule has 3 rings (SSSR count). The summed E-state index contributed by atoms with van der Waals surface area (Å²) in [5.74, 6) is -2.03. The summed E-state index contributed by atoms with van der Waals surface area (Å²) in [7, 11) is 0. The van der Waals surface area contributed by atoms with Crippen LogP contribution in [0.1, 0.15) is 26.7 Å². The van der Waals surface area contributed by atoms with Crippen molar-refractivity contribution in [2.24, 2.45) is 5.92 Å². The first kappa shape index (κ1) is 16.1. The second kappa shape index (κ2) is 5.72. The highest BCUT2D eigenvalue weighted by Crippen LogP contribution is 2.45. The van der Waals surface area contributed by atoms with Gasteiger partial charge < -0.3 is 20.4 Å². The van der Waals surface area contributed by atoms with Crippen LogP contribution >= 0.6 is 0 Å². The molecular weight excluding hydrogens is 303 g/mol. The number of amides is 1. The van der Waals surface area contributed by atoms with Crippen molar-refractivity contribution in [2.45, 2.75) is 51.0 Å². The molecule has 7 heteroatoms. The van der Waals surface area contributed by atoms with Crippen molar-refractivity contribution in [3.63, 3.8) is 0 Å². The number of carboxylic acid groups (broad SMARTS) is 1. The van der Waals surface area contributed by atoms with Crippen molar-refractivity contribution in [1.82, 2.24) is 10.2 Å². The van der Waals surface area contributed by atoms with Crippen LogP contribution in [0.5, 0.6) is 0 Å². The molecule has 126 valence electrons. The van der Waals surface area contributed by atoms with Crippen LogP contribution in [-0.2, 0) is 9.59 Å². The number of nitrogens with zero attached hydrogens (tertiary/aromatic N) is 1. The zero-order valence-corrected chi connectivity index (χ0v) is 13.1. The molecule has 0 aromatic heterocycles. The maximum Gasteiger partial charge on any atom is 0.352 e. The van der Waals surface area contributed by atoms with E-state index in [0.29, 0.717) is 25.0 Å². The van der Waals surface area contributed by atoms with E-state index in [0.717, 1.165) is 5.57 Å². The highest BCUT2D eigenvalue weighted by molar-refractivity contribution is 6.00. The van der Waals surface area contributed by atoms with Gasteiger partial charge in [0.15, 0.2) is 0 Å². The number of nitrogens with one attached hydrogen (secondary N) is 1. The van der Waals surface area contributed by atoms with Crippen LogP contribution in [0, 0.1) is 5.92 Å². The molecule has 0 aromatic carbocycles. The normalized spacial score (nSPS) is 35.4. The zero-order valence-electron chi connectivity index (χ0n) is 13.1. The van der Waals surface area contributed by atoms with Crippen molar-refractivity contribution in [3.05, 3.63) is 22.9 Å². The van der Waals surface area contributed by atoms with Crippen LogP contribution in [0.3, 0.4) is 0 Å². The highest BCUT2D eigenvalue weighted by Gasteiger charge is 2.56. The summed E-state index contributed by atoms with van der Waals surface area (Å²) < 4.78 is 13.3. The van der Waals surface area contributed by atoms with E-state index in [1.807, 2.05) is 6.08 Å². The number of β-lactam (4-membered cyclic amide) rings is 1. The van der Waals surface area contributed by atoms with Crippen molar-refractivity contribution in [2.75, 3.05) is 6.54 Å². The first-order valence-electron chi connectivity index (χ1n) is 7.85. The van der Waals surface area contributed by atoms with Crippen LogP contribution in [0.15, 0.2) is 22.9 Å². The number of aliphatic hydroxyl groups excluding tert-OH is 1. The highest BCUT2D eigenvalue weighted by atomic mass is 19.1. The summed E-state index contributed by atoms with van der Waals surface area (Å²) in [6.07, 6.45) is 0.936. The van der Waals surface area contributed by atoms with Gasteiger partial charge in [0.05, 0.1) is 18.1 Å². The molecule has 0 radical (unpaired) electrons. The number of carbonyl (C=O) groups is 2. The second-order valence-electron chi connectivity index (χ2n) is 6.58. The van der Waals surface area contributed by atoms with Gasteiger partial charge in [-0.3, -0.25) is 4.79 Å². The SMILES string of the molecule is CC(=C[C@@H]1CC(F)CN1)C1=C(C(=O)O)N2C(=O)[C@H]([C@@H](C)O)[C@H]2C1. The molecular formula is C16H21FN2O4. The average Bonchev–Trinajstić information content (AvgIpc) is 2.99. The Kier molecular flexibility index (Phi) is 4.01. The van der Waals surface area contributed by atoms with E-state index in [2.05, 4.69) is 5.32 Å². The number of carboxylic acids is 1. The fraction of sp³-hybridized carbons (Fsp3) is 0.625. The lowest BCUT2D eigenvalue weighted by atomic mass is 9.82. The third-order valence-corrected chi connectivity index (χ3v) is 4.97. The largest absolute Gasteiger partial charge is 0.477 e. The van der Waals surface area contributed by atoms with Crippen molar-refractivity contribution in [3.8, 4) is 0 Å². The lowest BCUT2D eigenvalue weighted by Crippen LogP contribution is -2.61. The van der Waals surface area contributed by atoms with Gasteiger partial charge in [-0.1, -0.05) is 6.08 Å². The maximum absolute atomic E-state index is 13.3. The fourth-order valence-corrected chi connectivity index (χ4v) is 3.87. The quantitative estimate of drug-likeness (QED) is 0.658. The lowest BCUT2D eigenvalue weighted by molar-refractivity contribution is -0.161. The molecule has 0 spiro atoms. The Balaban J connectivity index is 1.87. The first-order chi connectivity index (χ1) is 10.8. The third-order valence-electron chi connectivity index (χ3n) is 4.97. The summed E-state index contributed by atoms with van der Waals surface area (Å²) in [5, 5.41) is 22.2. The van der Waals surface area contributed by atoms with Gasteiger partial charge in [0, 0.05) is 12.6 Å². The van der Waals surface area contributed by atoms with E-state index in [-0.39, 0.29) is 23.7 Å². The number of carbonyl (C=O) groups excluding carboxylic acids is 1. The number of halogens is 1. The van der Waals surface area contributed by atoms with Gasteiger partial charge in [-0.25, -0.2) is 9.18 Å². The van der Waals surface area contributed by atoms with Crippen LogP contribution in [0.25, 0.3) is 0 Å². The molecule has 0 saturated carbocycles. The van der Waals surface area contributed by atoms with Crippen LogP contribution < -0.4 is 5.32 Å². The Labute approximate surface area is 133 Å². The summed E-state index contributed by atoms with van der Waals surface area (Å²) in [6, 6.07) is -0.415. The van der Waals surface area contributed by atoms with Gasteiger partial charge in [-0.2, -0.15) is 0 Å². The predicted molar refractivity (Wildman–Crippen MR) is 80.1 cm³/mol. The van der Waals surface area contributed by atoms with E-state index >= 15 is 0 Å². The molecule has 0 aliphatic carbocycles. The number of allylic oxidation sites excluding steroid dienone is 1. The first-order valence-corrected chi connectivity index (χ1v) is 7.85. The number of aliphatic hydroxyl groups is 1. The van der Waals surface area contributed by atoms with E-state index in [4.69, 9.17) is 0 Å². The lowest BCUT2D eigenvalue weighted by Gasteiger charge is -2.44. The molecule has 2 saturated heterocycles. The number of aliphatic carboxylic acids is 1. The smallest absolute Gasteiger partial charge is 0.352 e. The minimum absolute atomic E-state index is 0.000412. The van der Waals surface area contributed by atoms with Crippen molar-refractivity contribution < 1.29 is 24.2 Å². The van der Waals surface area contributed by atoms with E-state index in [9.17, 15) is 24.2 Å². The zero-order chi connectivity index (χ0) is 16.9. The molecule has 2 fully saturated rings. The molecule has 3 N–H and O–H groups in total. The third kappa shape index (κ3) is 2.57. The molecule has 0 bridgehead atoms. The van der Waals surface area contributed by atoms with Crippen LogP contribution in [0.2, 0.25) is 0 Å². The summed E-state index contributed by atoms with van der Waals surface area (Å²) in [4.78, 5) is 25.0. The van der Waals surface area contributed by atoms with Gasteiger partial charge in [0.2, 0.25) is 5.91 Å². The Hall–Kier alpha value is -1.73. The predicted octanol–water partition coefficient (Wildman–Crippen LogP) is 0.583. The van der Waals surface area contributed by atoms with E-state index in [1.165, 1.54) is 4.90 Å². The van der Waals surface area contributed by atoms with E-state index < -0.39 is 24.2 Å². The molecule has 23 heavy (non-hydrogen) atoms. The Morgan fingerprint density at radius 2 is 2.22 bits per heavy atom. The Morgan fingerprint density at radius 3 is 2.74 bits per heavy atom. The fourth-order valence-electron chi connectivity index (χ4n) is 3.87. The molecule has 6 nitrogen and oxygen atoms in total. The minimum atomic E-state index is -1.14. The van der Waals surface area contributed by atoms with Gasteiger partial charge in [-0.15, -0.1) is 0 Å². The monoisotopic (exact) mass is 324 g/mol. The number of hydrogen-bond acceptors (Lipinski definition) is 4. The number of rotatable bonds is 4. The number of fused-ring (bicyclic) bond motifs is 1. The Bertz CT molecular complexity index is 613. The van der Waals surface area contributed by atoms with Gasteiger partial charge in [-0.05, 0) is 37.8 Å². The summed E-state index contributed by atoms with van der Waals surface area (Å²) >= 11 is 0. The summed E-state index contributed by atoms with van der Waals surface area (Å²) in [6.45, 7) is 3.64.